The Morgan fingerprint density at radius 1 is 1.26 bits per heavy atom. The van der Waals surface area contributed by atoms with Gasteiger partial charge in [-0.05, 0) is 58.0 Å². The van der Waals surface area contributed by atoms with Gasteiger partial charge in [0.2, 0.25) is 0 Å². The number of rotatable bonds is 5. The number of hydrogen-bond donors (Lipinski definition) is 3. The average molecular weight is 419 g/mol. The summed E-state index contributed by atoms with van der Waals surface area (Å²) >= 11 is 0. The van der Waals surface area contributed by atoms with Gasteiger partial charge in [-0.2, -0.15) is 0 Å². The van der Waals surface area contributed by atoms with Crippen LogP contribution in [0.25, 0.3) is 0 Å². The third kappa shape index (κ3) is 6.05. The maximum atomic E-state index is 13.5. The second-order valence-corrected chi connectivity index (χ2v) is 6.51. The fraction of sp³-hybridized carbons (Fsp3) is 0.471. The van der Waals surface area contributed by atoms with Gasteiger partial charge in [-0.1, -0.05) is 5.21 Å². The summed E-state index contributed by atoms with van der Waals surface area (Å²) in [6.45, 7) is 5.76. The average Bonchev–Trinajstić information content (AvgIpc) is 3.08. The molecule has 0 aliphatic carbocycles. The second-order valence-electron chi connectivity index (χ2n) is 6.51. The summed E-state index contributed by atoms with van der Waals surface area (Å²) in [4.78, 5) is 12.5. The number of benzene rings is 1. The van der Waals surface area contributed by atoms with Crippen molar-refractivity contribution in [3.8, 4) is 0 Å². The number of carbonyl (C=O) groups is 1. The number of nitrogens with one attached hydrogen (secondary N) is 3. The molecule has 2 aromatic rings. The number of carbonyl (C=O) groups excluding carboxylic acids is 1. The Balaban J connectivity index is 0.00000182. The molecule has 1 aliphatic rings. The van der Waals surface area contributed by atoms with Gasteiger partial charge in [0, 0.05) is 6.04 Å². The number of piperidine rings is 1. The van der Waals surface area contributed by atoms with Gasteiger partial charge in [0.25, 0.3) is 5.91 Å². The largest absolute Gasteiger partial charge is 0.381 e. The summed E-state index contributed by atoms with van der Waals surface area (Å²) in [7, 11) is 0. The predicted octanol–water partition coefficient (Wildman–Crippen LogP) is 3.26. The SMILES string of the molecule is CC(C)Nc1cc(F)ccc1NC(=O)c1cn(C2CCNCC2)nn1.Cl.Cl. The van der Waals surface area contributed by atoms with Crippen molar-refractivity contribution >= 4 is 42.1 Å². The van der Waals surface area contributed by atoms with Crippen LogP contribution in [0.15, 0.2) is 24.4 Å². The molecule has 0 atom stereocenters. The summed E-state index contributed by atoms with van der Waals surface area (Å²) in [6, 6.07) is 4.58. The number of amides is 1. The number of hydrogen-bond acceptors (Lipinski definition) is 5. The summed E-state index contributed by atoms with van der Waals surface area (Å²) < 4.78 is 15.2. The molecule has 150 valence electrons. The van der Waals surface area contributed by atoms with Crippen LogP contribution < -0.4 is 16.0 Å². The van der Waals surface area contributed by atoms with E-state index in [4.69, 9.17) is 0 Å². The molecule has 7 nitrogen and oxygen atoms in total. The van der Waals surface area contributed by atoms with Crippen molar-refractivity contribution in [1.82, 2.24) is 20.3 Å². The lowest BCUT2D eigenvalue weighted by Crippen LogP contribution is -2.29. The monoisotopic (exact) mass is 418 g/mol. The first-order valence-corrected chi connectivity index (χ1v) is 8.53. The quantitative estimate of drug-likeness (QED) is 0.693. The molecular formula is C17H25Cl2FN6O. The first-order chi connectivity index (χ1) is 12.0. The highest BCUT2D eigenvalue weighted by Crippen LogP contribution is 2.24. The van der Waals surface area contributed by atoms with Crippen molar-refractivity contribution in [2.24, 2.45) is 0 Å². The molecule has 1 aromatic heterocycles. The number of aromatic nitrogens is 3. The van der Waals surface area contributed by atoms with E-state index in [1.165, 1.54) is 18.2 Å². The Kier molecular flexibility index (Phi) is 8.95. The maximum Gasteiger partial charge on any atom is 0.277 e. The highest BCUT2D eigenvalue weighted by Gasteiger charge is 2.19. The van der Waals surface area contributed by atoms with Crippen LogP contribution in [0.1, 0.15) is 43.2 Å². The number of halogens is 3. The van der Waals surface area contributed by atoms with Crippen LogP contribution in [0.2, 0.25) is 0 Å². The van der Waals surface area contributed by atoms with Gasteiger partial charge in [0.15, 0.2) is 5.69 Å². The molecule has 2 heterocycles. The number of anilines is 2. The van der Waals surface area contributed by atoms with Crippen molar-refractivity contribution < 1.29 is 9.18 Å². The highest BCUT2D eigenvalue weighted by molar-refractivity contribution is 6.04. The van der Waals surface area contributed by atoms with Gasteiger partial charge in [-0.3, -0.25) is 4.79 Å². The second kappa shape index (κ2) is 10.4. The molecule has 0 bridgehead atoms. The van der Waals surface area contributed by atoms with E-state index in [-0.39, 0.29) is 54.3 Å². The van der Waals surface area contributed by atoms with Gasteiger partial charge in [0.05, 0.1) is 23.6 Å². The molecule has 1 aliphatic heterocycles. The van der Waals surface area contributed by atoms with Crippen molar-refractivity contribution in [2.75, 3.05) is 23.7 Å². The van der Waals surface area contributed by atoms with E-state index in [1.54, 1.807) is 10.9 Å². The highest BCUT2D eigenvalue weighted by atomic mass is 35.5. The van der Waals surface area contributed by atoms with Gasteiger partial charge in [0.1, 0.15) is 5.82 Å². The van der Waals surface area contributed by atoms with Crippen LogP contribution in [0.3, 0.4) is 0 Å². The summed E-state index contributed by atoms with van der Waals surface area (Å²) in [6.07, 6.45) is 3.60. The van der Waals surface area contributed by atoms with Gasteiger partial charge >= 0.3 is 0 Å². The van der Waals surface area contributed by atoms with E-state index in [0.29, 0.717) is 11.4 Å². The van der Waals surface area contributed by atoms with E-state index in [1.807, 2.05) is 13.8 Å². The van der Waals surface area contributed by atoms with Crippen molar-refractivity contribution in [1.29, 1.82) is 0 Å². The molecule has 1 saturated heterocycles. The van der Waals surface area contributed by atoms with Crippen LogP contribution >= 0.6 is 24.8 Å². The third-order valence-corrected chi connectivity index (χ3v) is 4.10. The predicted molar refractivity (Wildman–Crippen MR) is 109 cm³/mol. The van der Waals surface area contributed by atoms with E-state index in [9.17, 15) is 9.18 Å². The topological polar surface area (TPSA) is 83.9 Å². The van der Waals surface area contributed by atoms with Crippen LogP contribution in [0.4, 0.5) is 15.8 Å². The Morgan fingerprint density at radius 2 is 1.96 bits per heavy atom. The minimum Gasteiger partial charge on any atom is -0.381 e. The van der Waals surface area contributed by atoms with Crippen LogP contribution in [-0.4, -0.2) is 40.0 Å². The molecule has 0 unspecified atom stereocenters. The molecule has 3 rings (SSSR count). The first-order valence-electron chi connectivity index (χ1n) is 8.53. The van der Waals surface area contributed by atoms with Crippen molar-refractivity contribution in [3.05, 3.63) is 35.9 Å². The molecule has 1 aromatic carbocycles. The zero-order chi connectivity index (χ0) is 17.8. The van der Waals surface area contributed by atoms with Crippen LogP contribution in [0.5, 0.6) is 0 Å². The summed E-state index contributed by atoms with van der Waals surface area (Å²) in [5.41, 5.74) is 1.30. The maximum absolute atomic E-state index is 13.5. The minimum absolute atomic E-state index is 0. The fourth-order valence-electron chi connectivity index (χ4n) is 2.87. The van der Waals surface area contributed by atoms with E-state index in [2.05, 4.69) is 26.3 Å². The fourth-order valence-corrected chi connectivity index (χ4v) is 2.87. The molecular weight excluding hydrogens is 394 g/mol. The van der Waals surface area contributed by atoms with Crippen molar-refractivity contribution in [3.63, 3.8) is 0 Å². The third-order valence-electron chi connectivity index (χ3n) is 4.10. The molecule has 1 amide bonds. The smallest absolute Gasteiger partial charge is 0.277 e. The summed E-state index contributed by atoms with van der Waals surface area (Å²) in [5.74, 6) is -0.725. The van der Waals surface area contributed by atoms with Gasteiger partial charge < -0.3 is 16.0 Å². The Labute approximate surface area is 170 Å². The van der Waals surface area contributed by atoms with Crippen molar-refractivity contribution in [2.45, 2.75) is 38.8 Å². The lowest BCUT2D eigenvalue weighted by atomic mass is 10.1. The van der Waals surface area contributed by atoms with E-state index >= 15 is 0 Å². The minimum atomic E-state index is -0.363. The van der Waals surface area contributed by atoms with E-state index < -0.39 is 0 Å². The lowest BCUT2D eigenvalue weighted by Gasteiger charge is -2.22. The Bertz CT molecular complexity index is 749. The number of nitrogens with zero attached hydrogens (tertiary/aromatic N) is 3. The molecule has 0 spiro atoms. The zero-order valence-electron chi connectivity index (χ0n) is 15.2. The normalized spacial score (nSPS) is 14.2. The zero-order valence-corrected chi connectivity index (χ0v) is 16.9. The van der Waals surface area contributed by atoms with Crippen LogP contribution in [0, 0.1) is 5.82 Å². The molecule has 10 heteroatoms. The standard InChI is InChI=1S/C17H23FN6O.2ClH/c1-11(2)20-15-9-12(18)3-4-14(15)21-17(25)16-10-24(23-22-16)13-5-7-19-8-6-13;;/h3-4,9-11,13,19-20H,5-8H2,1-2H3,(H,21,25);2*1H. The van der Waals surface area contributed by atoms with E-state index in [0.717, 1.165) is 25.9 Å². The molecule has 3 N–H and O–H groups in total. The lowest BCUT2D eigenvalue weighted by molar-refractivity contribution is 0.102. The first kappa shape index (κ1) is 23.1. The molecule has 1 fully saturated rings. The Morgan fingerprint density at radius 3 is 2.63 bits per heavy atom. The van der Waals surface area contributed by atoms with Gasteiger partial charge in [-0.25, -0.2) is 9.07 Å². The Hall–Kier alpha value is -1.90. The molecule has 27 heavy (non-hydrogen) atoms. The molecule has 0 saturated carbocycles. The van der Waals surface area contributed by atoms with Crippen LogP contribution in [-0.2, 0) is 0 Å². The summed E-state index contributed by atoms with van der Waals surface area (Å²) in [5, 5.41) is 17.3. The molecule has 0 radical (unpaired) electrons. The van der Waals surface area contributed by atoms with Gasteiger partial charge in [-0.15, -0.1) is 29.9 Å².